The van der Waals surface area contributed by atoms with E-state index >= 15 is 0 Å². The maximum atomic E-state index is 11.2. The number of hydrogen-bond donors (Lipinski definition) is 1. The maximum Gasteiger partial charge on any atom is 0.336 e. The third-order valence-electron chi connectivity index (χ3n) is 3.02. The minimum Gasteiger partial charge on any atom is -0.479 e. The van der Waals surface area contributed by atoms with E-state index in [1.165, 1.54) is 0 Å². The zero-order valence-corrected chi connectivity index (χ0v) is 9.92. The summed E-state index contributed by atoms with van der Waals surface area (Å²) in [5, 5.41) is 9.22. The molecule has 1 aliphatic heterocycles. The van der Waals surface area contributed by atoms with E-state index in [-0.39, 0.29) is 6.10 Å². The molecule has 1 N–H and O–H groups in total. The third-order valence-corrected chi connectivity index (χ3v) is 3.02. The summed E-state index contributed by atoms with van der Waals surface area (Å²) in [6.45, 7) is 3.94. The van der Waals surface area contributed by atoms with Crippen molar-refractivity contribution in [3.8, 4) is 0 Å². The van der Waals surface area contributed by atoms with Crippen molar-refractivity contribution < 1.29 is 19.4 Å². The number of carboxylic acids is 1. The van der Waals surface area contributed by atoms with Gasteiger partial charge in [-0.15, -0.1) is 0 Å². The van der Waals surface area contributed by atoms with Crippen molar-refractivity contribution >= 4 is 5.97 Å². The molecule has 1 aromatic rings. The Kier molecular flexibility index (Phi) is 3.17. The molecule has 4 nitrogen and oxygen atoms in total. The highest BCUT2D eigenvalue weighted by atomic mass is 16.6. The highest BCUT2D eigenvalue weighted by Gasteiger charge is 2.47. The second kappa shape index (κ2) is 4.47. The average molecular weight is 236 g/mol. The van der Waals surface area contributed by atoms with E-state index in [2.05, 4.69) is 0 Å². The quantitative estimate of drug-likeness (QED) is 0.850. The molecule has 3 unspecified atom stereocenters. The molecule has 0 spiro atoms. The first-order chi connectivity index (χ1) is 8.04. The summed E-state index contributed by atoms with van der Waals surface area (Å²) in [7, 11) is 0. The Bertz CT molecular complexity index is 403. The summed E-state index contributed by atoms with van der Waals surface area (Å²) in [5.74, 6) is -0.997. The summed E-state index contributed by atoms with van der Waals surface area (Å²) in [6, 6.07) is 9.33. The second-order valence-electron chi connectivity index (χ2n) is 4.45. The van der Waals surface area contributed by atoms with Crippen LogP contribution in [0, 0.1) is 0 Å². The van der Waals surface area contributed by atoms with Crippen LogP contribution in [0.15, 0.2) is 30.3 Å². The van der Waals surface area contributed by atoms with E-state index in [9.17, 15) is 9.90 Å². The number of aliphatic carboxylic acids is 1. The van der Waals surface area contributed by atoms with E-state index in [1.807, 2.05) is 37.3 Å². The predicted molar refractivity (Wildman–Crippen MR) is 61.7 cm³/mol. The lowest BCUT2D eigenvalue weighted by Gasteiger charge is -2.42. The molecule has 0 radical (unpaired) electrons. The fourth-order valence-corrected chi connectivity index (χ4v) is 2.20. The minimum absolute atomic E-state index is 0.115. The van der Waals surface area contributed by atoms with Gasteiger partial charge in [0, 0.05) is 0 Å². The van der Waals surface area contributed by atoms with Crippen molar-refractivity contribution in [2.24, 2.45) is 0 Å². The lowest BCUT2D eigenvalue weighted by atomic mass is 9.88. The van der Waals surface area contributed by atoms with Crippen LogP contribution >= 0.6 is 0 Å². The van der Waals surface area contributed by atoms with Crippen LogP contribution in [0.5, 0.6) is 0 Å². The highest BCUT2D eigenvalue weighted by Crippen LogP contribution is 2.35. The van der Waals surface area contributed by atoms with Gasteiger partial charge in [0.05, 0.1) is 12.7 Å². The van der Waals surface area contributed by atoms with Crippen LogP contribution in [-0.2, 0) is 19.9 Å². The van der Waals surface area contributed by atoms with Gasteiger partial charge < -0.3 is 14.6 Å². The molecular weight excluding hydrogens is 220 g/mol. The van der Waals surface area contributed by atoms with Gasteiger partial charge in [-0.2, -0.15) is 0 Å². The standard InChI is InChI=1S/C13H16O4/c1-9-8-16-11(12(14)15)13(2,17-9)10-6-4-3-5-7-10/h3-7,9,11H,8H2,1-2H3,(H,14,15). The molecule has 3 atom stereocenters. The van der Waals surface area contributed by atoms with E-state index in [1.54, 1.807) is 6.92 Å². The molecule has 2 rings (SSSR count). The van der Waals surface area contributed by atoms with Crippen molar-refractivity contribution in [1.82, 2.24) is 0 Å². The van der Waals surface area contributed by atoms with Gasteiger partial charge in [-0.3, -0.25) is 0 Å². The highest BCUT2D eigenvalue weighted by molar-refractivity contribution is 5.74. The summed E-state index contributed by atoms with van der Waals surface area (Å²) in [4.78, 5) is 11.2. The van der Waals surface area contributed by atoms with Gasteiger partial charge >= 0.3 is 5.97 Å². The molecule has 0 saturated carbocycles. The predicted octanol–water partition coefficient (Wildman–Crippen LogP) is 1.79. The largest absolute Gasteiger partial charge is 0.479 e. The second-order valence-corrected chi connectivity index (χ2v) is 4.45. The van der Waals surface area contributed by atoms with E-state index in [0.717, 1.165) is 5.56 Å². The summed E-state index contributed by atoms with van der Waals surface area (Å²) in [6.07, 6.45) is -1.09. The van der Waals surface area contributed by atoms with Crippen LogP contribution in [0.4, 0.5) is 0 Å². The van der Waals surface area contributed by atoms with Crippen molar-refractivity contribution in [3.63, 3.8) is 0 Å². The van der Waals surface area contributed by atoms with Crippen LogP contribution in [0.25, 0.3) is 0 Å². The van der Waals surface area contributed by atoms with Gasteiger partial charge in [-0.1, -0.05) is 30.3 Å². The number of benzene rings is 1. The lowest BCUT2D eigenvalue weighted by molar-refractivity contribution is -0.236. The molecule has 17 heavy (non-hydrogen) atoms. The van der Waals surface area contributed by atoms with E-state index in [4.69, 9.17) is 9.47 Å². The van der Waals surface area contributed by atoms with Crippen molar-refractivity contribution in [2.45, 2.75) is 31.7 Å². The zero-order chi connectivity index (χ0) is 12.5. The summed E-state index contributed by atoms with van der Waals surface area (Å²) in [5.41, 5.74) is -0.121. The Morgan fingerprint density at radius 3 is 2.65 bits per heavy atom. The van der Waals surface area contributed by atoms with Gasteiger partial charge in [0.1, 0.15) is 5.60 Å². The normalized spacial score (nSPS) is 33.3. The molecule has 0 aliphatic carbocycles. The van der Waals surface area contributed by atoms with Crippen molar-refractivity contribution in [3.05, 3.63) is 35.9 Å². The Morgan fingerprint density at radius 2 is 2.06 bits per heavy atom. The zero-order valence-electron chi connectivity index (χ0n) is 9.92. The SMILES string of the molecule is CC1COC(C(=O)O)C(C)(c2ccccc2)O1. The topological polar surface area (TPSA) is 55.8 Å². The van der Waals surface area contributed by atoms with Crippen LogP contribution in [0.3, 0.4) is 0 Å². The fourth-order valence-electron chi connectivity index (χ4n) is 2.20. The average Bonchev–Trinajstić information content (AvgIpc) is 2.29. The first kappa shape index (κ1) is 12.1. The van der Waals surface area contributed by atoms with Crippen LogP contribution in [0.2, 0.25) is 0 Å². The Morgan fingerprint density at radius 1 is 1.41 bits per heavy atom. The number of hydrogen-bond acceptors (Lipinski definition) is 3. The molecule has 1 aromatic carbocycles. The Labute approximate surface area is 100 Å². The first-order valence-corrected chi connectivity index (χ1v) is 5.62. The molecular formula is C13H16O4. The molecule has 1 aliphatic rings. The van der Waals surface area contributed by atoms with E-state index < -0.39 is 17.7 Å². The van der Waals surface area contributed by atoms with Gasteiger partial charge in [0.2, 0.25) is 0 Å². The number of ether oxygens (including phenoxy) is 2. The Balaban J connectivity index is 2.39. The maximum absolute atomic E-state index is 11.2. The summed E-state index contributed by atoms with van der Waals surface area (Å²) < 4.78 is 11.2. The first-order valence-electron chi connectivity index (χ1n) is 5.62. The third kappa shape index (κ3) is 2.18. The molecule has 1 fully saturated rings. The van der Waals surface area contributed by atoms with Gasteiger partial charge in [-0.05, 0) is 19.4 Å². The van der Waals surface area contributed by atoms with E-state index in [0.29, 0.717) is 6.61 Å². The summed E-state index contributed by atoms with van der Waals surface area (Å²) >= 11 is 0. The molecule has 92 valence electrons. The lowest BCUT2D eigenvalue weighted by Crippen LogP contribution is -2.53. The Hall–Kier alpha value is -1.39. The van der Waals surface area contributed by atoms with Crippen molar-refractivity contribution in [2.75, 3.05) is 6.61 Å². The van der Waals surface area contributed by atoms with Crippen LogP contribution in [-0.4, -0.2) is 29.9 Å². The molecule has 1 heterocycles. The number of carboxylic acid groups (broad SMARTS) is 1. The molecule has 0 bridgehead atoms. The van der Waals surface area contributed by atoms with Crippen LogP contribution in [0.1, 0.15) is 19.4 Å². The molecule has 0 aromatic heterocycles. The number of rotatable bonds is 2. The van der Waals surface area contributed by atoms with Gasteiger partial charge in [0.15, 0.2) is 6.10 Å². The number of carbonyl (C=O) groups is 1. The molecule has 1 saturated heterocycles. The van der Waals surface area contributed by atoms with Crippen LogP contribution < -0.4 is 0 Å². The monoisotopic (exact) mass is 236 g/mol. The fraction of sp³-hybridized carbons (Fsp3) is 0.462. The van der Waals surface area contributed by atoms with Crippen molar-refractivity contribution in [1.29, 1.82) is 0 Å². The molecule has 4 heteroatoms. The van der Waals surface area contributed by atoms with Gasteiger partial charge in [0.25, 0.3) is 0 Å². The minimum atomic E-state index is -0.997. The van der Waals surface area contributed by atoms with Gasteiger partial charge in [-0.25, -0.2) is 4.79 Å². The smallest absolute Gasteiger partial charge is 0.336 e. The molecule has 0 amide bonds.